The van der Waals surface area contributed by atoms with Crippen LogP contribution in [-0.4, -0.2) is 22.2 Å². The number of esters is 1. The smallest absolute Gasteiger partial charge is 0.307 e. The van der Waals surface area contributed by atoms with Gasteiger partial charge in [-0.3, -0.25) is 4.79 Å². The van der Waals surface area contributed by atoms with Crippen LogP contribution < -0.4 is 5.73 Å². The second kappa shape index (κ2) is 4.88. The molecule has 0 aromatic carbocycles. The van der Waals surface area contributed by atoms with Gasteiger partial charge in [0.1, 0.15) is 0 Å². The highest BCUT2D eigenvalue weighted by Crippen LogP contribution is 2.12. The average molecular weight is 201 g/mol. The molecule has 1 atom stereocenters. The number of carbonyl (C=O) groups is 1. The number of ether oxygens (including phenoxy) is 1. The lowest BCUT2D eigenvalue weighted by atomic mass is 10.2. The van der Waals surface area contributed by atoms with E-state index in [1.165, 1.54) is 11.5 Å². The Morgan fingerprint density at radius 2 is 2.62 bits per heavy atom. The van der Waals surface area contributed by atoms with Crippen LogP contribution in [0.4, 0.5) is 0 Å². The summed E-state index contributed by atoms with van der Waals surface area (Å²) < 4.78 is 8.40. The molecule has 72 valence electrons. The highest BCUT2D eigenvalue weighted by atomic mass is 32.1. The first kappa shape index (κ1) is 10.1. The van der Waals surface area contributed by atoms with Crippen LogP contribution in [0.3, 0.4) is 0 Å². The van der Waals surface area contributed by atoms with Crippen LogP contribution in [0.25, 0.3) is 0 Å². The van der Waals surface area contributed by atoms with Crippen molar-refractivity contribution in [2.24, 2.45) is 5.73 Å². The van der Waals surface area contributed by atoms with Gasteiger partial charge < -0.3 is 10.5 Å². The quantitative estimate of drug-likeness (QED) is 0.717. The first-order valence-corrected chi connectivity index (χ1v) is 4.75. The van der Waals surface area contributed by atoms with Gasteiger partial charge in [-0.1, -0.05) is 4.49 Å². The minimum Gasteiger partial charge on any atom is -0.466 e. The number of aromatic nitrogens is 2. The topological polar surface area (TPSA) is 78.1 Å². The van der Waals surface area contributed by atoms with Crippen molar-refractivity contribution in [1.29, 1.82) is 0 Å². The molecular weight excluding hydrogens is 190 g/mol. The van der Waals surface area contributed by atoms with Crippen LogP contribution in [-0.2, 0) is 9.53 Å². The van der Waals surface area contributed by atoms with Crippen LogP contribution in [0.5, 0.6) is 0 Å². The van der Waals surface area contributed by atoms with E-state index in [1.807, 2.05) is 0 Å². The third kappa shape index (κ3) is 3.08. The Bertz CT molecular complexity index is 263. The monoisotopic (exact) mass is 201 g/mol. The van der Waals surface area contributed by atoms with Crippen molar-refractivity contribution >= 4 is 17.5 Å². The molecule has 0 fully saturated rings. The van der Waals surface area contributed by atoms with Crippen LogP contribution in [0.15, 0.2) is 5.38 Å². The van der Waals surface area contributed by atoms with Gasteiger partial charge in [-0.05, 0) is 18.5 Å². The Labute approximate surface area is 80.1 Å². The van der Waals surface area contributed by atoms with Crippen LogP contribution in [0.1, 0.15) is 25.1 Å². The lowest BCUT2D eigenvalue weighted by molar-refractivity contribution is -0.143. The van der Waals surface area contributed by atoms with E-state index in [2.05, 4.69) is 9.59 Å². The third-order valence-corrected chi connectivity index (χ3v) is 1.97. The fourth-order valence-corrected chi connectivity index (χ4v) is 1.36. The molecule has 0 bridgehead atoms. The highest BCUT2D eigenvalue weighted by Gasteiger charge is 2.14. The first-order valence-electron chi connectivity index (χ1n) is 3.92. The summed E-state index contributed by atoms with van der Waals surface area (Å²) >= 11 is 1.22. The number of nitrogens with two attached hydrogens (primary N) is 1. The molecule has 5 nitrogen and oxygen atoms in total. The Morgan fingerprint density at radius 3 is 3.15 bits per heavy atom. The van der Waals surface area contributed by atoms with Crippen molar-refractivity contribution in [2.45, 2.75) is 19.4 Å². The summed E-state index contributed by atoms with van der Waals surface area (Å²) in [5.74, 6) is -0.303. The molecule has 0 radical (unpaired) electrons. The van der Waals surface area contributed by atoms with E-state index < -0.39 is 6.04 Å². The molecule has 1 aromatic heterocycles. The minimum absolute atomic E-state index is 0.152. The van der Waals surface area contributed by atoms with Gasteiger partial charge in [0.15, 0.2) is 0 Å². The predicted molar refractivity (Wildman–Crippen MR) is 48.1 cm³/mol. The summed E-state index contributed by atoms with van der Waals surface area (Å²) in [5.41, 5.74) is 6.31. The molecule has 0 amide bonds. The maximum absolute atomic E-state index is 11.0. The molecule has 13 heavy (non-hydrogen) atoms. The van der Waals surface area contributed by atoms with Crippen molar-refractivity contribution in [3.8, 4) is 0 Å². The molecule has 0 aliphatic rings. The molecule has 6 heteroatoms. The van der Waals surface area contributed by atoms with Crippen molar-refractivity contribution in [1.82, 2.24) is 9.59 Å². The second-order valence-corrected chi connectivity index (χ2v) is 3.06. The summed E-state index contributed by atoms with van der Waals surface area (Å²) in [6.45, 7) is 2.13. The third-order valence-electron chi connectivity index (χ3n) is 1.45. The molecule has 1 rings (SSSR count). The van der Waals surface area contributed by atoms with E-state index in [0.29, 0.717) is 12.3 Å². The zero-order valence-electron chi connectivity index (χ0n) is 7.27. The SMILES string of the molecule is CCOC(=O)CC(N)c1csnn1. The Balaban J connectivity index is 2.42. The molecule has 0 saturated heterocycles. The lowest BCUT2D eigenvalue weighted by Crippen LogP contribution is -2.17. The van der Waals surface area contributed by atoms with E-state index >= 15 is 0 Å². The fourth-order valence-electron chi connectivity index (χ4n) is 0.837. The van der Waals surface area contributed by atoms with Gasteiger partial charge in [0.25, 0.3) is 0 Å². The summed E-state index contributed by atoms with van der Waals surface area (Å²) in [5, 5.41) is 5.49. The summed E-state index contributed by atoms with van der Waals surface area (Å²) in [6.07, 6.45) is 0.152. The standard InChI is InChI=1S/C7H11N3O2S/c1-2-12-7(11)3-5(8)6-4-13-10-9-6/h4-5H,2-3,8H2,1H3. The van der Waals surface area contributed by atoms with E-state index in [0.717, 1.165) is 0 Å². The molecule has 0 aliphatic carbocycles. The van der Waals surface area contributed by atoms with Crippen LogP contribution >= 0.6 is 11.5 Å². The minimum atomic E-state index is -0.405. The first-order chi connectivity index (χ1) is 6.24. The van der Waals surface area contributed by atoms with Gasteiger partial charge in [0, 0.05) is 5.38 Å². The highest BCUT2D eigenvalue weighted by molar-refractivity contribution is 7.03. The van der Waals surface area contributed by atoms with Crippen LogP contribution in [0, 0.1) is 0 Å². The zero-order valence-corrected chi connectivity index (χ0v) is 8.08. The Kier molecular flexibility index (Phi) is 3.78. The molecule has 0 saturated carbocycles. The van der Waals surface area contributed by atoms with Gasteiger partial charge in [0.2, 0.25) is 0 Å². The molecule has 2 N–H and O–H groups in total. The molecule has 1 heterocycles. The van der Waals surface area contributed by atoms with E-state index in [1.54, 1.807) is 12.3 Å². The molecule has 1 unspecified atom stereocenters. The number of rotatable bonds is 4. The second-order valence-electron chi connectivity index (χ2n) is 2.45. The summed E-state index contributed by atoms with van der Waals surface area (Å²) in [6, 6.07) is -0.405. The number of nitrogens with zero attached hydrogens (tertiary/aromatic N) is 2. The maximum atomic E-state index is 11.0. The largest absolute Gasteiger partial charge is 0.466 e. The van der Waals surface area contributed by atoms with Crippen LogP contribution in [0.2, 0.25) is 0 Å². The normalized spacial score (nSPS) is 12.5. The van der Waals surface area contributed by atoms with Crippen molar-refractivity contribution in [3.05, 3.63) is 11.1 Å². The number of hydrogen-bond donors (Lipinski definition) is 1. The molecule has 1 aromatic rings. The number of hydrogen-bond acceptors (Lipinski definition) is 6. The molecular formula is C7H11N3O2S. The van der Waals surface area contributed by atoms with Gasteiger partial charge in [-0.15, -0.1) is 5.10 Å². The maximum Gasteiger partial charge on any atom is 0.307 e. The molecule has 0 spiro atoms. The predicted octanol–water partition coefficient (Wildman–Crippen LogP) is 0.491. The summed E-state index contributed by atoms with van der Waals surface area (Å²) in [7, 11) is 0. The van der Waals surface area contributed by atoms with Gasteiger partial charge in [0.05, 0.1) is 24.8 Å². The van der Waals surface area contributed by atoms with Crippen molar-refractivity contribution < 1.29 is 9.53 Å². The molecule has 0 aliphatic heterocycles. The fraction of sp³-hybridized carbons (Fsp3) is 0.571. The van der Waals surface area contributed by atoms with Crippen molar-refractivity contribution in [2.75, 3.05) is 6.61 Å². The zero-order chi connectivity index (χ0) is 9.68. The number of carbonyl (C=O) groups excluding carboxylic acids is 1. The van der Waals surface area contributed by atoms with Gasteiger partial charge >= 0.3 is 5.97 Å². The lowest BCUT2D eigenvalue weighted by Gasteiger charge is -2.06. The van der Waals surface area contributed by atoms with Crippen molar-refractivity contribution in [3.63, 3.8) is 0 Å². The van der Waals surface area contributed by atoms with E-state index in [-0.39, 0.29) is 12.4 Å². The van der Waals surface area contributed by atoms with E-state index in [9.17, 15) is 4.79 Å². The Morgan fingerprint density at radius 1 is 1.85 bits per heavy atom. The van der Waals surface area contributed by atoms with Gasteiger partial charge in [-0.2, -0.15) is 0 Å². The van der Waals surface area contributed by atoms with Gasteiger partial charge in [-0.25, -0.2) is 0 Å². The summed E-state index contributed by atoms with van der Waals surface area (Å²) in [4.78, 5) is 11.0. The van der Waals surface area contributed by atoms with E-state index in [4.69, 9.17) is 10.5 Å². The average Bonchev–Trinajstić information content (AvgIpc) is 2.55. The Hall–Kier alpha value is -1.01.